The van der Waals surface area contributed by atoms with Gasteiger partial charge in [0.2, 0.25) is 0 Å². The lowest BCUT2D eigenvalue weighted by Crippen LogP contribution is -2.56. The van der Waals surface area contributed by atoms with Crippen molar-refractivity contribution in [2.75, 3.05) is 6.54 Å². The minimum atomic E-state index is -1.86. The fourth-order valence-electron chi connectivity index (χ4n) is 1.20. The average molecular weight is 265 g/mol. The van der Waals surface area contributed by atoms with Crippen molar-refractivity contribution in [2.45, 2.75) is 44.8 Å². The molecule has 0 bridgehead atoms. The van der Waals surface area contributed by atoms with E-state index in [0.29, 0.717) is 4.90 Å². The lowest BCUT2D eigenvalue weighted by atomic mass is 10.2. The second-order valence-corrected chi connectivity index (χ2v) is 5.98. The number of imide groups is 1. The molecule has 17 heavy (non-hydrogen) atoms. The van der Waals surface area contributed by atoms with Gasteiger partial charge in [0.1, 0.15) is 11.7 Å². The van der Waals surface area contributed by atoms with Crippen LogP contribution in [0.4, 0.5) is 14.0 Å². The van der Waals surface area contributed by atoms with Crippen molar-refractivity contribution >= 4 is 21.4 Å². The number of ether oxygens (including phenoxy) is 2. The molecule has 5 nitrogen and oxygen atoms in total. The number of hydrogen-bond acceptors (Lipinski definition) is 4. The third-order valence-corrected chi connectivity index (χ3v) is 2.84. The van der Waals surface area contributed by atoms with E-state index in [-0.39, 0.29) is 0 Å². The Labute approximate surface area is 102 Å². The molecule has 1 aliphatic heterocycles. The number of cyclic esters (lactones) is 1. The van der Waals surface area contributed by atoms with E-state index in [4.69, 9.17) is 9.47 Å². The minimum absolute atomic E-state index is 0.396. The fraction of sp³-hybridized carbons (Fsp3) is 0.800. The normalized spacial score (nSPS) is 29.9. The Hall–Kier alpha value is -0.900. The summed E-state index contributed by atoms with van der Waals surface area (Å²) in [5.41, 5.74) is -0.750. The molecule has 0 aliphatic carbocycles. The molecule has 1 saturated heterocycles. The first-order chi connectivity index (χ1) is 7.53. The molecular formula is C10H17FNO4P. The molecule has 0 aromatic carbocycles. The first-order valence-corrected chi connectivity index (χ1v) is 5.79. The van der Waals surface area contributed by atoms with Crippen molar-refractivity contribution < 1.29 is 23.5 Å². The van der Waals surface area contributed by atoms with Crippen LogP contribution >= 0.6 is 9.24 Å². The standard InChI is InChI=1S/C10H17FNO4P/c1-6-10(11,17)5-12(7(13)15-6)8(14)16-9(2,3)4/h6H,5,17H2,1-4H3. The molecule has 0 N–H and O–H groups in total. The summed E-state index contributed by atoms with van der Waals surface area (Å²) >= 11 is 0. The van der Waals surface area contributed by atoms with Crippen LogP contribution in [0.5, 0.6) is 0 Å². The molecule has 1 heterocycles. The van der Waals surface area contributed by atoms with Gasteiger partial charge in [0.25, 0.3) is 0 Å². The number of hydrogen-bond donors (Lipinski definition) is 0. The fourth-order valence-corrected chi connectivity index (χ4v) is 1.45. The van der Waals surface area contributed by atoms with E-state index in [1.165, 1.54) is 6.92 Å². The third kappa shape index (κ3) is 3.53. The number of carbonyl (C=O) groups excluding carboxylic acids is 2. The van der Waals surface area contributed by atoms with Crippen LogP contribution in [-0.4, -0.2) is 40.7 Å². The van der Waals surface area contributed by atoms with Gasteiger partial charge < -0.3 is 9.47 Å². The van der Waals surface area contributed by atoms with Gasteiger partial charge in [-0.3, -0.25) is 0 Å². The Morgan fingerprint density at radius 2 is 2.18 bits per heavy atom. The van der Waals surface area contributed by atoms with Crippen LogP contribution in [0.25, 0.3) is 0 Å². The summed E-state index contributed by atoms with van der Waals surface area (Å²) in [5.74, 6) is 0. The van der Waals surface area contributed by atoms with E-state index < -0.39 is 35.8 Å². The monoisotopic (exact) mass is 265 g/mol. The lowest BCUT2D eigenvalue weighted by molar-refractivity contribution is -0.0418. The first-order valence-electron chi connectivity index (χ1n) is 5.22. The van der Waals surface area contributed by atoms with Crippen LogP contribution in [-0.2, 0) is 9.47 Å². The average Bonchev–Trinajstić information content (AvgIpc) is 2.08. The topological polar surface area (TPSA) is 55.8 Å². The van der Waals surface area contributed by atoms with E-state index in [0.717, 1.165) is 0 Å². The van der Waals surface area contributed by atoms with Gasteiger partial charge >= 0.3 is 12.2 Å². The summed E-state index contributed by atoms with van der Waals surface area (Å²) in [7, 11) is 1.95. The Bertz CT molecular complexity index is 340. The van der Waals surface area contributed by atoms with E-state index >= 15 is 0 Å². The largest absolute Gasteiger partial charge is 0.443 e. The van der Waals surface area contributed by atoms with Crippen molar-refractivity contribution in [3.63, 3.8) is 0 Å². The summed E-state index contributed by atoms with van der Waals surface area (Å²) in [6.07, 6.45) is -2.71. The molecule has 7 heteroatoms. The molecule has 0 radical (unpaired) electrons. The van der Waals surface area contributed by atoms with Crippen molar-refractivity contribution in [1.29, 1.82) is 0 Å². The number of alkyl halides is 1. The maximum atomic E-state index is 13.9. The van der Waals surface area contributed by atoms with Gasteiger partial charge in [-0.15, -0.1) is 0 Å². The molecular weight excluding hydrogens is 248 g/mol. The van der Waals surface area contributed by atoms with Crippen LogP contribution in [0.2, 0.25) is 0 Å². The highest BCUT2D eigenvalue weighted by Crippen LogP contribution is 2.33. The van der Waals surface area contributed by atoms with Crippen LogP contribution in [0.3, 0.4) is 0 Å². The van der Waals surface area contributed by atoms with E-state index in [1.54, 1.807) is 20.8 Å². The maximum Gasteiger partial charge on any atom is 0.419 e. The smallest absolute Gasteiger partial charge is 0.419 e. The molecule has 0 saturated carbocycles. The molecule has 0 spiro atoms. The summed E-state index contributed by atoms with van der Waals surface area (Å²) in [6.45, 7) is 6.01. The quantitative estimate of drug-likeness (QED) is 0.631. The highest BCUT2D eigenvalue weighted by Gasteiger charge is 2.46. The van der Waals surface area contributed by atoms with Crippen molar-refractivity contribution in [3.8, 4) is 0 Å². The molecule has 1 rings (SSSR count). The van der Waals surface area contributed by atoms with Gasteiger partial charge in [0.05, 0.1) is 6.54 Å². The SMILES string of the molecule is CC1OC(=O)N(C(=O)OC(C)(C)C)CC1(F)P. The molecule has 0 aromatic heterocycles. The first kappa shape index (κ1) is 14.2. The molecule has 98 valence electrons. The highest BCUT2D eigenvalue weighted by atomic mass is 31.0. The molecule has 1 aliphatic rings. The van der Waals surface area contributed by atoms with Crippen LogP contribution in [0.1, 0.15) is 27.7 Å². The number of amides is 2. The Kier molecular flexibility index (Phi) is 3.67. The maximum absolute atomic E-state index is 13.9. The second kappa shape index (κ2) is 4.41. The third-order valence-electron chi connectivity index (χ3n) is 2.19. The molecule has 1 fully saturated rings. The number of nitrogens with zero attached hydrogens (tertiary/aromatic N) is 1. The Balaban J connectivity index is 2.77. The van der Waals surface area contributed by atoms with Gasteiger partial charge in [0.15, 0.2) is 5.41 Å². The Morgan fingerprint density at radius 1 is 1.65 bits per heavy atom. The zero-order valence-electron chi connectivity index (χ0n) is 10.3. The minimum Gasteiger partial charge on any atom is -0.443 e. The van der Waals surface area contributed by atoms with E-state index in [9.17, 15) is 14.0 Å². The Morgan fingerprint density at radius 3 is 2.65 bits per heavy atom. The van der Waals surface area contributed by atoms with Crippen molar-refractivity contribution in [2.24, 2.45) is 0 Å². The van der Waals surface area contributed by atoms with Gasteiger partial charge in [-0.2, -0.15) is 0 Å². The molecule has 0 aromatic rings. The molecule has 3 unspecified atom stereocenters. The van der Waals surface area contributed by atoms with Gasteiger partial charge in [-0.25, -0.2) is 18.9 Å². The summed E-state index contributed by atoms with van der Waals surface area (Å²) in [6, 6.07) is 0. The molecule has 2 amide bonds. The summed E-state index contributed by atoms with van der Waals surface area (Å²) in [4.78, 5) is 23.7. The predicted octanol–water partition coefficient (Wildman–Crippen LogP) is 2.30. The van der Waals surface area contributed by atoms with Crippen LogP contribution in [0.15, 0.2) is 0 Å². The zero-order valence-corrected chi connectivity index (χ0v) is 11.5. The number of rotatable bonds is 0. The highest BCUT2D eigenvalue weighted by molar-refractivity contribution is 7.18. The van der Waals surface area contributed by atoms with E-state index in [2.05, 4.69) is 0 Å². The number of halogens is 1. The summed E-state index contributed by atoms with van der Waals surface area (Å²) in [5, 5.41) is -1.86. The van der Waals surface area contributed by atoms with Gasteiger partial charge in [-0.1, -0.05) is 9.24 Å². The van der Waals surface area contributed by atoms with Crippen LogP contribution in [0, 0.1) is 0 Å². The van der Waals surface area contributed by atoms with Gasteiger partial charge in [-0.05, 0) is 27.7 Å². The number of carbonyl (C=O) groups is 2. The molecule has 3 atom stereocenters. The van der Waals surface area contributed by atoms with E-state index in [1.807, 2.05) is 9.24 Å². The predicted molar refractivity (Wildman–Crippen MR) is 62.4 cm³/mol. The zero-order chi connectivity index (χ0) is 13.4. The lowest BCUT2D eigenvalue weighted by Gasteiger charge is -2.37. The van der Waals surface area contributed by atoms with Crippen LogP contribution < -0.4 is 0 Å². The van der Waals surface area contributed by atoms with Crippen molar-refractivity contribution in [1.82, 2.24) is 4.90 Å². The second-order valence-electron chi connectivity index (χ2n) is 5.02. The van der Waals surface area contributed by atoms with Gasteiger partial charge in [0, 0.05) is 0 Å². The van der Waals surface area contributed by atoms with Crippen molar-refractivity contribution in [3.05, 3.63) is 0 Å². The summed E-state index contributed by atoms with van der Waals surface area (Å²) < 4.78 is 23.6.